The first-order chi connectivity index (χ1) is 13.5. The van der Waals surface area contributed by atoms with Crippen LogP contribution in [0, 0.1) is 0 Å². The van der Waals surface area contributed by atoms with E-state index in [0.29, 0.717) is 25.1 Å². The number of hydrogen-bond acceptors (Lipinski definition) is 3. The van der Waals surface area contributed by atoms with Gasteiger partial charge in [-0.05, 0) is 35.8 Å². The van der Waals surface area contributed by atoms with E-state index in [1.165, 1.54) is 18.2 Å². The van der Waals surface area contributed by atoms with E-state index in [4.69, 9.17) is 0 Å². The van der Waals surface area contributed by atoms with Crippen LogP contribution in [-0.2, 0) is 16.1 Å². The van der Waals surface area contributed by atoms with Gasteiger partial charge in [-0.1, -0.05) is 42.5 Å². The third kappa shape index (κ3) is 5.39. The molecule has 0 bridgehead atoms. The average Bonchev–Trinajstić information content (AvgIpc) is 3.01. The van der Waals surface area contributed by atoms with Crippen molar-refractivity contribution in [2.24, 2.45) is 0 Å². The van der Waals surface area contributed by atoms with E-state index >= 15 is 0 Å². The van der Waals surface area contributed by atoms with E-state index in [1.807, 2.05) is 30.3 Å². The van der Waals surface area contributed by atoms with Gasteiger partial charge in [-0.15, -0.1) is 0 Å². The third-order valence-electron chi connectivity index (χ3n) is 4.36. The van der Waals surface area contributed by atoms with E-state index < -0.39 is 12.7 Å². The highest BCUT2D eigenvalue weighted by Crippen LogP contribution is 2.17. The smallest absolute Gasteiger partial charge is 0.387 e. The fourth-order valence-corrected chi connectivity index (χ4v) is 2.99. The minimum Gasteiger partial charge on any atom is -0.435 e. The highest BCUT2D eigenvalue weighted by atomic mass is 19.3. The number of carbonyl (C=O) groups is 2. The Hall–Kier alpha value is -3.22. The predicted molar refractivity (Wildman–Crippen MR) is 101 cm³/mol. The van der Waals surface area contributed by atoms with Crippen LogP contribution < -0.4 is 10.1 Å². The first kappa shape index (κ1) is 19.5. The lowest BCUT2D eigenvalue weighted by atomic mass is 10.2. The summed E-state index contributed by atoms with van der Waals surface area (Å²) in [6.45, 7) is -1.76. The van der Waals surface area contributed by atoms with E-state index in [1.54, 1.807) is 23.1 Å². The first-order valence-electron chi connectivity index (χ1n) is 8.87. The summed E-state index contributed by atoms with van der Waals surface area (Å²) in [4.78, 5) is 26.3. The van der Waals surface area contributed by atoms with Gasteiger partial charge in [0.15, 0.2) is 0 Å². The summed E-state index contributed by atoms with van der Waals surface area (Å²) in [5, 5.41) is 2.71. The lowest BCUT2D eigenvalue weighted by Gasteiger charge is -2.17. The molecule has 1 fully saturated rings. The van der Waals surface area contributed by atoms with Gasteiger partial charge in [0.1, 0.15) is 11.8 Å². The SMILES string of the molecule is O=C(/C=C/c1ccc(OC(F)F)cc1)N[C@@H]1CCN(Cc2ccccc2)C1=O. The van der Waals surface area contributed by atoms with Crippen LogP contribution in [0.25, 0.3) is 6.08 Å². The molecule has 28 heavy (non-hydrogen) atoms. The van der Waals surface area contributed by atoms with Crippen LogP contribution in [0.1, 0.15) is 17.5 Å². The van der Waals surface area contributed by atoms with E-state index in [0.717, 1.165) is 5.56 Å². The number of ether oxygens (including phenoxy) is 1. The molecule has 0 aromatic heterocycles. The van der Waals surface area contributed by atoms with Gasteiger partial charge >= 0.3 is 6.61 Å². The molecule has 1 heterocycles. The molecule has 146 valence electrons. The second kappa shape index (κ2) is 9.12. The summed E-state index contributed by atoms with van der Waals surface area (Å²) < 4.78 is 28.5. The minimum atomic E-state index is -2.88. The fourth-order valence-electron chi connectivity index (χ4n) is 2.99. The molecule has 1 aliphatic heterocycles. The van der Waals surface area contributed by atoms with Gasteiger partial charge in [0.2, 0.25) is 11.8 Å². The second-order valence-electron chi connectivity index (χ2n) is 6.38. The summed E-state index contributed by atoms with van der Waals surface area (Å²) in [6.07, 6.45) is 3.42. The average molecular weight is 386 g/mol. The second-order valence-corrected chi connectivity index (χ2v) is 6.38. The van der Waals surface area contributed by atoms with Crippen molar-refractivity contribution in [3.63, 3.8) is 0 Å². The number of halogens is 2. The number of carbonyl (C=O) groups excluding carboxylic acids is 2. The third-order valence-corrected chi connectivity index (χ3v) is 4.36. The molecule has 5 nitrogen and oxygen atoms in total. The monoisotopic (exact) mass is 386 g/mol. The van der Waals surface area contributed by atoms with Crippen molar-refractivity contribution < 1.29 is 23.1 Å². The molecular formula is C21H20F2N2O3. The molecule has 7 heteroatoms. The fraction of sp³-hybridized carbons (Fsp3) is 0.238. The number of nitrogens with one attached hydrogen (secondary N) is 1. The van der Waals surface area contributed by atoms with Crippen molar-refractivity contribution in [1.82, 2.24) is 10.2 Å². The van der Waals surface area contributed by atoms with Gasteiger partial charge in [0.25, 0.3) is 0 Å². The highest BCUT2D eigenvalue weighted by Gasteiger charge is 2.32. The maximum absolute atomic E-state index is 12.5. The molecule has 2 aromatic rings. The molecule has 1 saturated heterocycles. The van der Waals surface area contributed by atoms with Crippen LogP contribution >= 0.6 is 0 Å². The van der Waals surface area contributed by atoms with Crippen LogP contribution in [0.4, 0.5) is 8.78 Å². The Balaban J connectivity index is 1.50. The normalized spacial score (nSPS) is 16.8. The maximum Gasteiger partial charge on any atom is 0.387 e. The Kier molecular flexibility index (Phi) is 6.37. The van der Waals surface area contributed by atoms with Gasteiger partial charge in [0, 0.05) is 19.2 Å². The summed E-state index contributed by atoms with van der Waals surface area (Å²) in [5.74, 6) is -0.432. The largest absolute Gasteiger partial charge is 0.435 e. The molecule has 1 N–H and O–H groups in total. The van der Waals surface area contributed by atoms with Gasteiger partial charge in [-0.25, -0.2) is 0 Å². The molecule has 2 aromatic carbocycles. The van der Waals surface area contributed by atoms with Crippen molar-refractivity contribution >= 4 is 17.9 Å². The van der Waals surface area contributed by atoms with Crippen LogP contribution in [0.2, 0.25) is 0 Å². The first-order valence-corrected chi connectivity index (χ1v) is 8.87. The van der Waals surface area contributed by atoms with Crippen molar-refractivity contribution in [3.8, 4) is 5.75 Å². The van der Waals surface area contributed by atoms with Crippen LogP contribution in [0.5, 0.6) is 5.75 Å². The quantitative estimate of drug-likeness (QED) is 0.744. The number of rotatable bonds is 7. The van der Waals surface area contributed by atoms with E-state index in [2.05, 4.69) is 10.1 Å². The Labute approximate surface area is 161 Å². The molecule has 3 rings (SSSR count). The van der Waals surface area contributed by atoms with Gasteiger partial charge in [0.05, 0.1) is 0 Å². The van der Waals surface area contributed by atoms with Crippen LogP contribution in [0.3, 0.4) is 0 Å². The summed E-state index contributed by atoms with van der Waals surface area (Å²) in [6, 6.07) is 15.1. The Morgan fingerprint density at radius 2 is 1.89 bits per heavy atom. The zero-order valence-corrected chi connectivity index (χ0v) is 15.1. The topological polar surface area (TPSA) is 58.6 Å². The predicted octanol–water partition coefficient (Wildman–Crippen LogP) is 3.22. The molecular weight excluding hydrogens is 366 g/mol. The molecule has 0 unspecified atom stereocenters. The van der Waals surface area contributed by atoms with Gasteiger partial charge in [-0.3, -0.25) is 9.59 Å². The van der Waals surface area contributed by atoms with Crippen molar-refractivity contribution in [2.75, 3.05) is 6.54 Å². The molecule has 0 spiro atoms. The molecule has 1 atom stereocenters. The standard InChI is InChI=1S/C21H20F2N2O3/c22-21(23)28-17-9-6-15(7-10-17)8-11-19(26)24-18-12-13-25(20(18)27)14-16-4-2-1-3-5-16/h1-11,18,21H,12-14H2,(H,24,26)/b11-8+/t18-/m1/s1. The summed E-state index contributed by atoms with van der Waals surface area (Å²) >= 11 is 0. The zero-order valence-electron chi connectivity index (χ0n) is 15.1. The lowest BCUT2D eigenvalue weighted by Crippen LogP contribution is -2.40. The molecule has 0 aliphatic carbocycles. The van der Waals surface area contributed by atoms with Crippen molar-refractivity contribution in [1.29, 1.82) is 0 Å². The van der Waals surface area contributed by atoms with Gasteiger partial charge < -0.3 is 15.0 Å². The van der Waals surface area contributed by atoms with E-state index in [9.17, 15) is 18.4 Å². The van der Waals surface area contributed by atoms with Crippen LogP contribution in [0.15, 0.2) is 60.7 Å². The Morgan fingerprint density at radius 1 is 1.18 bits per heavy atom. The summed E-state index contributed by atoms with van der Waals surface area (Å²) in [7, 11) is 0. The summed E-state index contributed by atoms with van der Waals surface area (Å²) in [5.41, 5.74) is 1.70. The minimum absolute atomic E-state index is 0.0478. The number of hydrogen-bond donors (Lipinski definition) is 1. The maximum atomic E-state index is 12.5. The Bertz CT molecular complexity index is 838. The van der Waals surface area contributed by atoms with Gasteiger partial charge in [-0.2, -0.15) is 8.78 Å². The Morgan fingerprint density at radius 3 is 2.57 bits per heavy atom. The van der Waals surface area contributed by atoms with Crippen molar-refractivity contribution in [2.45, 2.75) is 25.6 Å². The van der Waals surface area contributed by atoms with E-state index in [-0.39, 0.29) is 17.6 Å². The molecule has 0 radical (unpaired) electrons. The molecule has 0 saturated carbocycles. The zero-order chi connectivity index (χ0) is 19.9. The number of nitrogens with zero attached hydrogens (tertiary/aromatic N) is 1. The number of benzene rings is 2. The number of alkyl halides is 2. The number of likely N-dealkylation sites (tertiary alicyclic amines) is 1. The lowest BCUT2D eigenvalue weighted by molar-refractivity contribution is -0.132. The highest BCUT2D eigenvalue weighted by molar-refractivity contribution is 5.96. The van der Waals surface area contributed by atoms with Crippen LogP contribution in [-0.4, -0.2) is 35.9 Å². The number of amides is 2. The van der Waals surface area contributed by atoms with Crippen molar-refractivity contribution in [3.05, 3.63) is 71.8 Å². The molecule has 2 amide bonds. The molecule has 1 aliphatic rings.